The van der Waals surface area contributed by atoms with Gasteiger partial charge < -0.3 is 10.1 Å². The summed E-state index contributed by atoms with van der Waals surface area (Å²) >= 11 is 5.77. The van der Waals surface area contributed by atoms with Gasteiger partial charge in [-0.15, -0.1) is 5.10 Å². The summed E-state index contributed by atoms with van der Waals surface area (Å²) < 4.78 is 68.5. The van der Waals surface area contributed by atoms with Gasteiger partial charge in [-0.25, -0.2) is 13.4 Å². The van der Waals surface area contributed by atoms with Gasteiger partial charge in [-0.1, -0.05) is 11.6 Å². The van der Waals surface area contributed by atoms with Gasteiger partial charge >= 0.3 is 11.5 Å². The maximum atomic E-state index is 12.9. The van der Waals surface area contributed by atoms with E-state index in [9.17, 15) is 26.4 Å². The summed E-state index contributed by atoms with van der Waals surface area (Å²) in [6.07, 6.45) is 1.30. The summed E-state index contributed by atoms with van der Waals surface area (Å²) in [6, 6.07) is 6.11. The molecule has 1 atom stereocenters. The Bertz CT molecular complexity index is 1380. The number of amides is 1. The van der Waals surface area contributed by atoms with Crippen LogP contribution in [-0.4, -0.2) is 46.7 Å². The first-order valence-corrected chi connectivity index (χ1v) is 11.0. The van der Waals surface area contributed by atoms with Crippen LogP contribution in [0, 0.1) is 11.3 Å². The monoisotopic (exact) mass is 514 g/mol. The molecule has 10 nitrogen and oxygen atoms in total. The molecule has 0 spiro atoms. The third-order valence-corrected chi connectivity index (χ3v) is 6.06. The Morgan fingerprint density at radius 1 is 1.29 bits per heavy atom. The van der Waals surface area contributed by atoms with E-state index in [0.29, 0.717) is 17.7 Å². The molecule has 34 heavy (non-hydrogen) atoms. The summed E-state index contributed by atoms with van der Waals surface area (Å²) in [5, 5.41) is 15.1. The van der Waals surface area contributed by atoms with Crippen molar-refractivity contribution in [1.29, 1.82) is 5.26 Å². The number of rotatable bonds is 6. The van der Waals surface area contributed by atoms with Crippen LogP contribution in [0.1, 0.15) is 34.7 Å². The van der Waals surface area contributed by atoms with E-state index in [-0.39, 0.29) is 22.7 Å². The minimum atomic E-state index is -5.72. The fourth-order valence-electron chi connectivity index (χ4n) is 2.74. The van der Waals surface area contributed by atoms with Crippen molar-refractivity contribution < 1.29 is 31.1 Å². The van der Waals surface area contributed by atoms with Gasteiger partial charge in [0.25, 0.3) is 15.7 Å². The number of methoxy groups -OCH3 is 1. The van der Waals surface area contributed by atoms with Crippen LogP contribution in [0.25, 0.3) is 5.82 Å². The lowest BCUT2D eigenvalue weighted by Crippen LogP contribution is -2.29. The molecule has 1 aromatic carbocycles. The molecule has 1 amide bonds. The minimum Gasteiger partial charge on any atom is -0.466 e. The zero-order chi connectivity index (χ0) is 25.3. The van der Waals surface area contributed by atoms with Gasteiger partial charge in [0, 0.05) is 16.8 Å². The van der Waals surface area contributed by atoms with Crippen LogP contribution in [0.5, 0.6) is 6.01 Å². The van der Waals surface area contributed by atoms with Gasteiger partial charge in [0.05, 0.1) is 23.6 Å². The number of halogens is 4. The first-order valence-electron chi connectivity index (χ1n) is 9.17. The molecular formula is C19H14ClF3N6O4S. The van der Waals surface area contributed by atoms with E-state index in [1.165, 1.54) is 37.0 Å². The summed E-state index contributed by atoms with van der Waals surface area (Å²) in [5.41, 5.74) is -5.69. The number of nitrogens with one attached hydrogen (secondary N) is 1. The van der Waals surface area contributed by atoms with E-state index in [2.05, 4.69) is 20.4 Å². The normalized spacial score (nSPS) is 12.6. The summed E-state index contributed by atoms with van der Waals surface area (Å²) in [4.78, 5) is 19.8. The van der Waals surface area contributed by atoms with E-state index < -0.39 is 37.8 Å². The van der Waals surface area contributed by atoms with Crippen molar-refractivity contribution in [2.45, 2.75) is 23.4 Å². The van der Waals surface area contributed by atoms with E-state index in [0.717, 1.165) is 6.07 Å². The Labute approximate surface area is 195 Å². The lowest BCUT2D eigenvalue weighted by Gasteiger charge is -2.15. The molecule has 0 radical (unpaired) electrons. The van der Waals surface area contributed by atoms with Gasteiger partial charge in [-0.05, 0) is 37.3 Å². The quantitative estimate of drug-likeness (QED) is 0.529. The second-order valence-electron chi connectivity index (χ2n) is 6.71. The summed E-state index contributed by atoms with van der Waals surface area (Å²) in [6.45, 7) is 1.50. The van der Waals surface area contributed by atoms with Crippen molar-refractivity contribution in [3.8, 4) is 17.9 Å². The highest BCUT2D eigenvalue weighted by Crippen LogP contribution is 2.32. The lowest BCUT2D eigenvalue weighted by molar-refractivity contribution is -0.0436. The van der Waals surface area contributed by atoms with Crippen LogP contribution >= 0.6 is 11.6 Å². The Morgan fingerprint density at radius 2 is 2.00 bits per heavy atom. The molecule has 3 aromatic rings. The van der Waals surface area contributed by atoms with Crippen molar-refractivity contribution in [1.82, 2.24) is 25.1 Å². The average molecular weight is 515 g/mol. The highest BCUT2D eigenvalue weighted by molar-refractivity contribution is 7.92. The second kappa shape index (κ2) is 9.27. The number of sulfone groups is 1. The van der Waals surface area contributed by atoms with Crippen LogP contribution in [0.2, 0.25) is 5.02 Å². The molecular weight excluding hydrogens is 501 g/mol. The molecule has 0 aliphatic heterocycles. The standard InChI is InChI=1S/C19H14ClF3N6O4S/c1-10(16-27-18(33-2)28-29(16)15-4-3-11(8-24)9-25-15)26-17(30)12-5-13(20)7-14(6-12)34(31,32)19(21,22)23/h3-7,9-10H,1-2H3,(H,26,30)/t10-/m0/s1. The maximum Gasteiger partial charge on any atom is 0.501 e. The fraction of sp³-hybridized carbons (Fsp3) is 0.211. The van der Waals surface area contributed by atoms with Crippen LogP contribution in [-0.2, 0) is 9.84 Å². The van der Waals surface area contributed by atoms with Crippen molar-refractivity contribution in [3.63, 3.8) is 0 Å². The van der Waals surface area contributed by atoms with Gasteiger partial charge in [0.15, 0.2) is 11.6 Å². The number of carbonyl (C=O) groups excluding carboxylic acids is 1. The zero-order valence-corrected chi connectivity index (χ0v) is 18.9. The molecule has 2 aromatic heterocycles. The zero-order valence-electron chi connectivity index (χ0n) is 17.3. The van der Waals surface area contributed by atoms with E-state index in [4.69, 9.17) is 21.6 Å². The molecule has 1 N–H and O–H groups in total. The van der Waals surface area contributed by atoms with Crippen LogP contribution < -0.4 is 10.1 Å². The first-order chi connectivity index (χ1) is 15.9. The number of aromatic nitrogens is 4. The SMILES string of the molecule is COc1nc([C@H](C)NC(=O)c2cc(Cl)cc(S(=O)(=O)C(F)(F)F)c2)n(-c2ccc(C#N)cn2)n1. The number of hydrogen-bond acceptors (Lipinski definition) is 8. The molecule has 0 unspecified atom stereocenters. The summed E-state index contributed by atoms with van der Waals surface area (Å²) in [7, 11) is -4.41. The fourth-order valence-corrected chi connectivity index (χ4v) is 3.88. The molecule has 0 bridgehead atoms. The number of pyridine rings is 1. The van der Waals surface area contributed by atoms with Crippen molar-refractivity contribution >= 4 is 27.3 Å². The number of nitrogens with zero attached hydrogens (tertiary/aromatic N) is 5. The van der Waals surface area contributed by atoms with Gasteiger partial charge in [-0.2, -0.15) is 28.1 Å². The number of alkyl halides is 3. The molecule has 0 fully saturated rings. The van der Waals surface area contributed by atoms with Gasteiger partial charge in [0.2, 0.25) is 0 Å². The largest absolute Gasteiger partial charge is 0.501 e. The molecule has 0 aliphatic carbocycles. The van der Waals surface area contributed by atoms with Crippen molar-refractivity contribution in [3.05, 3.63) is 58.5 Å². The Kier molecular flexibility index (Phi) is 6.80. The van der Waals surface area contributed by atoms with Crippen molar-refractivity contribution in [2.75, 3.05) is 7.11 Å². The van der Waals surface area contributed by atoms with E-state index in [1.807, 2.05) is 6.07 Å². The van der Waals surface area contributed by atoms with Crippen LogP contribution in [0.4, 0.5) is 13.2 Å². The highest BCUT2D eigenvalue weighted by Gasteiger charge is 2.47. The molecule has 0 saturated heterocycles. The molecule has 0 aliphatic rings. The lowest BCUT2D eigenvalue weighted by atomic mass is 10.2. The molecule has 178 valence electrons. The molecule has 0 saturated carbocycles. The van der Waals surface area contributed by atoms with E-state index in [1.54, 1.807) is 0 Å². The minimum absolute atomic E-state index is 0.0661. The molecule has 15 heteroatoms. The number of ether oxygens (including phenoxy) is 1. The Morgan fingerprint density at radius 3 is 2.56 bits per heavy atom. The maximum absolute atomic E-state index is 12.9. The predicted molar refractivity (Wildman–Crippen MR) is 111 cm³/mol. The van der Waals surface area contributed by atoms with Crippen LogP contribution in [0.3, 0.4) is 0 Å². The smallest absolute Gasteiger partial charge is 0.466 e. The first kappa shape index (κ1) is 24.9. The summed E-state index contributed by atoms with van der Waals surface area (Å²) in [5.74, 6) is -0.547. The Hall–Kier alpha value is -3.70. The van der Waals surface area contributed by atoms with Gasteiger partial charge in [-0.3, -0.25) is 4.79 Å². The molecule has 2 heterocycles. The Balaban J connectivity index is 1.94. The number of nitriles is 1. The predicted octanol–water partition coefficient (Wildman–Crippen LogP) is 2.98. The topological polar surface area (TPSA) is 140 Å². The highest BCUT2D eigenvalue weighted by atomic mass is 35.5. The number of hydrogen-bond donors (Lipinski definition) is 1. The second-order valence-corrected chi connectivity index (χ2v) is 9.08. The van der Waals surface area contributed by atoms with Crippen molar-refractivity contribution in [2.24, 2.45) is 0 Å². The number of carbonyl (C=O) groups is 1. The third kappa shape index (κ3) is 4.95. The van der Waals surface area contributed by atoms with E-state index >= 15 is 0 Å². The average Bonchev–Trinajstić information content (AvgIpc) is 3.22. The number of benzene rings is 1. The molecule has 3 rings (SSSR count). The third-order valence-electron chi connectivity index (χ3n) is 4.37. The van der Waals surface area contributed by atoms with Gasteiger partial charge in [0.1, 0.15) is 6.07 Å². The van der Waals surface area contributed by atoms with Crippen LogP contribution in [0.15, 0.2) is 41.4 Å².